The van der Waals surface area contributed by atoms with Crippen LogP contribution in [0.4, 0.5) is 0 Å². The number of ether oxygens (including phenoxy) is 1. The van der Waals surface area contributed by atoms with E-state index in [4.69, 9.17) is 10.5 Å². The molecule has 2 rings (SSSR count). The molecule has 112 valence electrons. The van der Waals surface area contributed by atoms with Crippen molar-refractivity contribution in [3.05, 3.63) is 23.5 Å². The van der Waals surface area contributed by atoms with E-state index in [0.717, 1.165) is 29.3 Å². The number of nitrogens with two attached hydrogens (primary N) is 1. The largest absolute Gasteiger partial charge is 0.490 e. The van der Waals surface area contributed by atoms with Gasteiger partial charge >= 0.3 is 0 Å². The summed E-state index contributed by atoms with van der Waals surface area (Å²) in [7, 11) is 0. The van der Waals surface area contributed by atoms with Crippen LogP contribution in [0.5, 0.6) is 5.75 Å². The van der Waals surface area contributed by atoms with Crippen LogP contribution in [0.15, 0.2) is 12.3 Å². The fraction of sp³-hybridized carbons (Fsp3) is 0.706. The molecule has 0 amide bonds. The predicted octanol–water partition coefficient (Wildman–Crippen LogP) is 3.69. The number of aryl methyl sites for hydroxylation is 1. The molecule has 2 N–H and O–H groups in total. The normalized spacial score (nSPS) is 26.8. The number of rotatable bonds is 4. The highest BCUT2D eigenvalue weighted by molar-refractivity contribution is 5.33. The second-order valence-corrected chi connectivity index (χ2v) is 6.62. The van der Waals surface area contributed by atoms with Crippen LogP contribution in [0.2, 0.25) is 0 Å². The van der Waals surface area contributed by atoms with E-state index in [9.17, 15) is 0 Å². The van der Waals surface area contributed by atoms with Crippen molar-refractivity contribution in [1.29, 1.82) is 0 Å². The van der Waals surface area contributed by atoms with Crippen molar-refractivity contribution in [3.63, 3.8) is 0 Å². The lowest BCUT2D eigenvalue weighted by Gasteiger charge is -2.37. The van der Waals surface area contributed by atoms with Crippen molar-refractivity contribution in [2.45, 2.75) is 59.6 Å². The quantitative estimate of drug-likeness (QED) is 0.912. The first-order valence-corrected chi connectivity index (χ1v) is 7.83. The lowest BCUT2D eigenvalue weighted by Crippen LogP contribution is -2.36. The molecule has 0 bridgehead atoms. The molecule has 1 heterocycles. The van der Waals surface area contributed by atoms with E-state index in [2.05, 4.69) is 25.8 Å². The first-order chi connectivity index (χ1) is 9.51. The van der Waals surface area contributed by atoms with E-state index >= 15 is 0 Å². The van der Waals surface area contributed by atoms with Gasteiger partial charge in [-0.05, 0) is 37.5 Å². The smallest absolute Gasteiger partial charge is 0.127 e. The van der Waals surface area contributed by atoms with Crippen LogP contribution >= 0.6 is 0 Å². The Kier molecular flexibility index (Phi) is 5.03. The minimum atomic E-state index is 0.311. The Morgan fingerprint density at radius 3 is 2.80 bits per heavy atom. The lowest BCUT2D eigenvalue weighted by molar-refractivity contribution is 0.0452. The van der Waals surface area contributed by atoms with E-state index in [1.165, 1.54) is 12.8 Å². The molecular formula is C17H28N2O. The maximum atomic E-state index is 6.38. The van der Waals surface area contributed by atoms with Crippen molar-refractivity contribution < 1.29 is 4.74 Å². The Hall–Kier alpha value is -1.09. The highest BCUT2D eigenvalue weighted by Gasteiger charge is 2.32. The van der Waals surface area contributed by atoms with Gasteiger partial charge in [0.2, 0.25) is 0 Å². The van der Waals surface area contributed by atoms with Gasteiger partial charge in [0.05, 0.1) is 0 Å². The van der Waals surface area contributed by atoms with Gasteiger partial charge in [-0.1, -0.05) is 27.2 Å². The monoisotopic (exact) mass is 276 g/mol. The molecule has 1 saturated carbocycles. The van der Waals surface area contributed by atoms with E-state index < -0.39 is 0 Å². The molecule has 1 aliphatic carbocycles. The summed E-state index contributed by atoms with van der Waals surface area (Å²) in [6.45, 7) is 9.42. The summed E-state index contributed by atoms with van der Waals surface area (Å²) >= 11 is 0. The van der Waals surface area contributed by atoms with Crippen LogP contribution in [-0.4, -0.2) is 11.1 Å². The van der Waals surface area contributed by atoms with Gasteiger partial charge in [-0.2, -0.15) is 0 Å². The van der Waals surface area contributed by atoms with Gasteiger partial charge in [0, 0.05) is 30.1 Å². The zero-order chi connectivity index (χ0) is 14.7. The average molecular weight is 276 g/mol. The summed E-state index contributed by atoms with van der Waals surface area (Å²) < 4.78 is 6.38. The van der Waals surface area contributed by atoms with Crippen LogP contribution in [0.1, 0.15) is 51.3 Å². The average Bonchev–Trinajstić information content (AvgIpc) is 2.38. The highest BCUT2D eigenvalue weighted by atomic mass is 16.5. The molecule has 0 saturated heterocycles. The summed E-state index contributed by atoms with van der Waals surface area (Å²) in [5, 5.41) is 0. The lowest BCUT2D eigenvalue weighted by atomic mass is 9.75. The number of nitrogens with zero attached hydrogens (tertiary/aromatic N) is 1. The fourth-order valence-corrected chi connectivity index (χ4v) is 3.24. The maximum absolute atomic E-state index is 6.38. The van der Waals surface area contributed by atoms with E-state index in [-0.39, 0.29) is 0 Å². The van der Waals surface area contributed by atoms with Gasteiger partial charge in [-0.3, -0.25) is 4.98 Å². The molecular weight excluding hydrogens is 248 g/mol. The van der Waals surface area contributed by atoms with Gasteiger partial charge in [0.15, 0.2) is 0 Å². The number of pyridine rings is 1. The van der Waals surface area contributed by atoms with Crippen LogP contribution in [0.25, 0.3) is 0 Å². The molecule has 3 nitrogen and oxygen atoms in total. The third kappa shape index (κ3) is 3.51. The summed E-state index contributed by atoms with van der Waals surface area (Å²) in [4.78, 5) is 4.31. The van der Waals surface area contributed by atoms with Crippen LogP contribution < -0.4 is 10.5 Å². The van der Waals surface area contributed by atoms with Crippen molar-refractivity contribution in [3.8, 4) is 5.75 Å². The van der Waals surface area contributed by atoms with Gasteiger partial charge in [0.1, 0.15) is 11.9 Å². The number of hydrogen-bond donors (Lipinski definition) is 1. The Morgan fingerprint density at radius 2 is 2.15 bits per heavy atom. The molecule has 1 aromatic heterocycles. The summed E-state index contributed by atoms with van der Waals surface area (Å²) in [5.41, 5.74) is 7.81. The molecule has 1 fully saturated rings. The van der Waals surface area contributed by atoms with Gasteiger partial charge in [-0.15, -0.1) is 0 Å². The minimum absolute atomic E-state index is 0.311. The third-order valence-electron chi connectivity index (χ3n) is 4.54. The maximum Gasteiger partial charge on any atom is 0.127 e. The van der Waals surface area contributed by atoms with Crippen molar-refractivity contribution in [2.75, 3.05) is 0 Å². The molecule has 1 aromatic rings. The minimum Gasteiger partial charge on any atom is -0.490 e. The van der Waals surface area contributed by atoms with Crippen molar-refractivity contribution >= 4 is 0 Å². The molecule has 0 aromatic carbocycles. The van der Waals surface area contributed by atoms with Crippen molar-refractivity contribution in [1.82, 2.24) is 4.98 Å². The topological polar surface area (TPSA) is 48.1 Å². The Balaban J connectivity index is 2.19. The summed E-state index contributed by atoms with van der Waals surface area (Å²) in [6.07, 6.45) is 5.90. The molecule has 3 unspecified atom stereocenters. The molecule has 3 heteroatoms. The SMILES string of the molecule is Cc1cc(OC2CC(C)CCC2C(C)C)c(CN)cn1. The zero-order valence-corrected chi connectivity index (χ0v) is 13.2. The molecule has 3 atom stereocenters. The zero-order valence-electron chi connectivity index (χ0n) is 13.2. The van der Waals surface area contributed by atoms with E-state index in [1.807, 2.05) is 19.2 Å². The molecule has 0 spiro atoms. The number of hydrogen-bond acceptors (Lipinski definition) is 3. The second kappa shape index (κ2) is 6.57. The third-order valence-corrected chi connectivity index (χ3v) is 4.54. The Bertz CT molecular complexity index is 445. The first kappa shape index (κ1) is 15.3. The molecule has 20 heavy (non-hydrogen) atoms. The van der Waals surface area contributed by atoms with Gasteiger partial charge < -0.3 is 10.5 Å². The summed E-state index contributed by atoms with van der Waals surface area (Å²) in [5.74, 6) is 2.99. The van der Waals surface area contributed by atoms with Gasteiger partial charge in [0.25, 0.3) is 0 Å². The predicted molar refractivity (Wildman–Crippen MR) is 82.6 cm³/mol. The fourth-order valence-electron chi connectivity index (χ4n) is 3.24. The van der Waals surface area contributed by atoms with Crippen LogP contribution in [0, 0.1) is 24.7 Å². The standard InChI is InChI=1S/C17H28N2O/c1-11(2)15-6-5-12(3)7-17(15)20-16-8-13(4)19-10-14(16)9-18/h8,10-12,15,17H,5-7,9,18H2,1-4H3. The molecule has 0 aliphatic heterocycles. The first-order valence-electron chi connectivity index (χ1n) is 7.83. The van der Waals surface area contributed by atoms with Crippen LogP contribution in [0.3, 0.4) is 0 Å². The molecule has 0 radical (unpaired) electrons. The van der Waals surface area contributed by atoms with Gasteiger partial charge in [-0.25, -0.2) is 0 Å². The van der Waals surface area contributed by atoms with E-state index in [1.54, 1.807) is 0 Å². The van der Waals surface area contributed by atoms with Crippen molar-refractivity contribution in [2.24, 2.45) is 23.5 Å². The Labute approximate surface area is 122 Å². The molecule has 1 aliphatic rings. The highest BCUT2D eigenvalue weighted by Crippen LogP contribution is 2.36. The Morgan fingerprint density at radius 1 is 1.40 bits per heavy atom. The van der Waals surface area contributed by atoms with E-state index in [0.29, 0.717) is 24.5 Å². The number of aromatic nitrogens is 1. The van der Waals surface area contributed by atoms with Crippen LogP contribution in [-0.2, 0) is 6.54 Å². The second-order valence-electron chi connectivity index (χ2n) is 6.62. The summed E-state index contributed by atoms with van der Waals surface area (Å²) in [6, 6.07) is 2.03.